The van der Waals surface area contributed by atoms with E-state index in [1.165, 1.54) is 140 Å². The molecule has 11 aromatic rings. The van der Waals surface area contributed by atoms with Crippen LogP contribution in [0.15, 0.2) is 194 Å². The Hall–Kier alpha value is -7.42. The van der Waals surface area contributed by atoms with Crippen molar-refractivity contribution < 1.29 is 0 Å². The molecule has 13 rings (SSSR count). The van der Waals surface area contributed by atoms with Crippen LogP contribution in [0.25, 0.3) is 98.4 Å². The van der Waals surface area contributed by atoms with E-state index in [-0.39, 0.29) is 11.0 Å². The highest BCUT2D eigenvalue weighted by Crippen LogP contribution is 2.62. The van der Waals surface area contributed by atoms with E-state index >= 15 is 0 Å². The molecule has 0 spiro atoms. The zero-order chi connectivity index (χ0) is 44.3. The number of hydrogen-bond donors (Lipinski definition) is 0. The first-order chi connectivity index (χ1) is 32.3. The summed E-state index contributed by atoms with van der Waals surface area (Å²) < 4.78 is 0. The zero-order valence-corrected chi connectivity index (χ0v) is 38.2. The molecule has 0 aromatic heterocycles. The fourth-order valence-electron chi connectivity index (χ4n) is 12.7. The minimum absolute atomic E-state index is 0.0169. The van der Waals surface area contributed by atoms with Crippen LogP contribution in [0.3, 0.4) is 0 Å². The van der Waals surface area contributed by atoms with Crippen LogP contribution in [-0.4, -0.2) is 19.6 Å². The van der Waals surface area contributed by atoms with E-state index in [1.807, 2.05) is 0 Å². The summed E-state index contributed by atoms with van der Waals surface area (Å²) in [5.74, 6) is 0. The van der Waals surface area contributed by atoms with Crippen LogP contribution in [0, 0.1) is 0 Å². The lowest BCUT2D eigenvalue weighted by atomic mass is 9.61. The van der Waals surface area contributed by atoms with Crippen molar-refractivity contribution in [2.45, 2.75) is 50.5 Å². The van der Waals surface area contributed by atoms with Crippen molar-refractivity contribution in [2.24, 2.45) is 0 Å². The monoisotopic (exact) mass is 848 g/mol. The summed E-state index contributed by atoms with van der Waals surface area (Å²) in [5, 5.41) is 12.9. The minimum Gasteiger partial charge on any atom is -0.378 e. The van der Waals surface area contributed by atoms with E-state index in [1.54, 1.807) is 0 Å². The second-order valence-corrected chi connectivity index (χ2v) is 19.7. The van der Waals surface area contributed by atoms with Crippen LogP contribution >= 0.6 is 0 Å². The summed E-state index contributed by atoms with van der Waals surface area (Å²) in [7, 11) is 4.25. The van der Waals surface area contributed by atoms with Gasteiger partial charge in [0.2, 0.25) is 0 Å². The first-order valence-electron chi connectivity index (χ1n) is 23.8. The van der Waals surface area contributed by atoms with E-state index in [4.69, 9.17) is 0 Å². The quantitative estimate of drug-likeness (QED) is 0.154. The summed E-state index contributed by atoms with van der Waals surface area (Å²) in [5.41, 5.74) is 15.4. The molecule has 0 amide bonds. The van der Waals surface area contributed by atoms with Crippen molar-refractivity contribution >= 4 is 70.9 Å². The number of benzene rings is 11. The number of nitrogens with zero attached hydrogens (tertiary/aromatic N) is 2. The van der Waals surface area contributed by atoms with Crippen molar-refractivity contribution in [3.8, 4) is 44.5 Å². The average molecular weight is 849 g/mol. The van der Waals surface area contributed by atoms with Gasteiger partial charge in [0.25, 0.3) is 0 Å². The molecule has 0 N–H and O–H groups in total. The summed E-state index contributed by atoms with van der Waals surface area (Å²) in [6.45, 7) is 5.10. The number of fused-ring (bicyclic) bond motifs is 5. The Morgan fingerprint density at radius 1 is 0.409 bits per heavy atom. The van der Waals surface area contributed by atoms with Gasteiger partial charge in [0, 0.05) is 36.6 Å². The Balaban J connectivity index is 1.13. The topological polar surface area (TPSA) is 6.48 Å². The van der Waals surface area contributed by atoms with Crippen molar-refractivity contribution in [2.75, 3.05) is 23.9 Å². The van der Waals surface area contributed by atoms with Gasteiger partial charge in [-0.3, -0.25) is 0 Å². The van der Waals surface area contributed by atoms with Crippen molar-refractivity contribution in [1.82, 2.24) is 0 Å². The highest BCUT2D eigenvalue weighted by atomic mass is 15.3. The molecule has 66 heavy (non-hydrogen) atoms. The molecular weight excluding hydrogens is 797 g/mol. The normalized spacial score (nSPS) is 18.2. The van der Waals surface area contributed by atoms with E-state index in [2.05, 4.69) is 232 Å². The Morgan fingerprint density at radius 3 is 1.52 bits per heavy atom. The molecule has 1 heterocycles. The van der Waals surface area contributed by atoms with Crippen LogP contribution in [0.4, 0.5) is 17.1 Å². The predicted octanol–water partition coefficient (Wildman–Crippen LogP) is 17.4. The molecule has 11 aromatic carbocycles. The Morgan fingerprint density at radius 2 is 0.924 bits per heavy atom. The van der Waals surface area contributed by atoms with Gasteiger partial charge in [0.15, 0.2) is 0 Å². The third-order valence-corrected chi connectivity index (χ3v) is 16.2. The summed E-state index contributed by atoms with van der Waals surface area (Å²) in [6, 6.07) is 73.8. The molecule has 2 atom stereocenters. The third kappa shape index (κ3) is 5.54. The van der Waals surface area contributed by atoms with Gasteiger partial charge in [-0.15, -0.1) is 0 Å². The summed E-state index contributed by atoms with van der Waals surface area (Å²) in [6.07, 6.45) is 4.82. The molecular formula is C64H52N2. The molecule has 1 aliphatic heterocycles. The van der Waals surface area contributed by atoms with Gasteiger partial charge in [-0.25, -0.2) is 0 Å². The van der Waals surface area contributed by atoms with Crippen molar-refractivity contribution in [3.63, 3.8) is 0 Å². The lowest BCUT2D eigenvalue weighted by molar-refractivity contribution is 0.195. The van der Waals surface area contributed by atoms with Gasteiger partial charge in [-0.2, -0.15) is 0 Å². The van der Waals surface area contributed by atoms with Crippen LogP contribution in [-0.2, 0) is 5.41 Å². The van der Waals surface area contributed by atoms with Gasteiger partial charge < -0.3 is 9.80 Å². The van der Waals surface area contributed by atoms with Gasteiger partial charge in [-0.1, -0.05) is 165 Å². The first-order valence-corrected chi connectivity index (χ1v) is 23.8. The predicted molar refractivity (Wildman–Crippen MR) is 284 cm³/mol. The summed E-state index contributed by atoms with van der Waals surface area (Å²) >= 11 is 0. The molecule has 1 aliphatic carbocycles. The van der Waals surface area contributed by atoms with Crippen LogP contribution in [0.2, 0.25) is 0 Å². The average Bonchev–Trinajstić information content (AvgIpc) is 3.57. The molecule has 0 bridgehead atoms. The van der Waals surface area contributed by atoms with Crippen LogP contribution in [0.1, 0.15) is 45.1 Å². The highest BCUT2D eigenvalue weighted by Gasteiger charge is 2.57. The first kappa shape index (κ1) is 39.0. The third-order valence-electron chi connectivity index (χ3n) is 16.2. The van der Waals surface area contributed by atoms with Crippen molar-refractivity contribution in [3.05, 3.63) is 200 Å². The minimum atomic E-state index is -0.0472. The smallest absolute Gasteiger partial charge is 0.0517 e. The molecule has 1 fully saturated rings. The van der Waals surface area contributed by atoms with E-state index in [0.717, 1.165) is 6.42 Å². The maximum absolute atomic E-state index is 2.70. The Bertz CT molecular complexity index is 3700. The molecule has 0 saturated heterocycles. The molecule has 2 unspecified atom stereocenters. The van der Waals surface area contributed by atoms with E-state index in [9.17, 15) is 0 Å². The van der Waals surface area contributed by atoms with Gasteiger partial charge >= 0.3 is 0 Å². The maximum atomic E-state index is 2.70. The standard InChI is InChI=1S/C64H52N2/c1-63-36-12-13-37-64(63,2)66(46-29-27-45(28-30-46)65(3)4)60-35-26-44(38-59(60)63)56-40-58(50-25-15-21-42-19-9-11-23-48(42)50)54-33-31-51-55(43-16-6-5-7-17-43)39-57(53-34-32-52(56)62(54)61(51)53)49-24-14-20-41-18-8-10-22-47(41)49/h5-11,14-35,38-40H,12-13,36-37H2,1-4H3. The highest BCUT2D eigenvalue weighted by molar-refractivity contribution is 6.33. The van der Waals surface area contributed by atoms with Crippen LogP contribution < -0.4 is 9.80 Å². The van der Waals surface area contributed by atoms with Gasteiger partial charge in [-0.05, 0) is 172 Å². The fraction of sp³-hybridized carbons (Fsp3) is 0.156. The number of hydrogen-bond acceptors (Lipinski definition) is 2. The Labute approximate surface area is 387 Å². The second-order valence-electron chi connectivity index (χ2n) is 19.7. The fourth-order valence-corrected chi connectivity index (χ4v) is 12.7. The molecule has 2 aliphatic rings. The van der Waals surface area contributed by atoms with E-state index in [0.29, 0.717) is 0 Å². The molecule has 318 valence electrons. The van der Waals surface area contributed by atoms with Crippen LogP contribution in [0.5, 0.6) is 0 Å². The van der Waals surface area contributed by atoms with Gasteiger partial charge in [0.05, 0.1) is 5.54 Å². The SMILES string of the molecule is CN(C)c1ccc(N2c3ccc(-c4cc(-c5cccc6ccccc56)c5ccc6c(-c7ccccc7)cc(-c7cccc8ccccc78)c7ccc4c5c67)cc3C3(C)CCCCC23C)cc1. The maximum Gasteiger partial charge on any atom is 0.0517 e. The second kappa shape index (κ2) is 14.5. The molecule has 1 saturated carbocycles. The lowest BCUT2D eigenvalue weighted by Crippen LogP contribution is -2.54. The van der Waals surface area contributed by atoms with E-state index < -0.39 is 0 Å². The van der Waals surface area contributed by atoms with Crippen molar-refractivity contribution in [1.29, 1.82) is 0 Å². The van der Waals surface area contributed by atoms with Gasteiger partial charge in [0.1, 0.15) is 0 Å². The number of rotatable bonds is 6. The molecule has 2 heteroatoms. The molecule has 0 radical (unpaired) electrons. The molecule has 2 nitrogen and oxygen atoms in total. The number of anilines is 3. The zero-order valence-electron chi connectivity index (χ0n) is 38.2. The Kier molecular flexibility index (Phi) is 8.59. The summed E-state index contributed by atoms with van der Waals surface area (Å²) in [4.78, 5) is 4.90. The lowest BCUT2D eigenvalue weighted by Gasteiger charge is -2.50. The largest absolute Gasteiger partial charge is 0.378 e.